The molecule has 0 heterocycles. The van der Waals surface area contributed by atoms with Gasteiger partial charge in [-0.1, -0.05) is 56.3 Å². The summed E-state index contributed by atoms with van der Waals surface area (Å²) in [5.74, 6) is 0.281. The number of carbonyl (C=O) groups excluding carboxylic acids is 2. The molecule has 0 aliphatic heterocycles. The number of hydrogen-bond donors (Lipinski definition) is 0. The largest absolute Gasteiger partial charge is 0.493 e. The smallest absolute Gasteiger partial charge is 0.343 e. The fraction of sp³-hybridized carbons (Fsp3) is 0.231. The first kappa shape index (κ1) is 22.1. The Morgan fingerprint density at radius 2 is 1.42 bits per heavy atom. The van der Waals surface area contributed by atoms with Crippen LogP contribution in [0.1, 0.15) is 40.1 Å². The van der Waals surface area contributed by atoms with Gasteiger partial charge in [0.1, 0.15) is 11.5 Å². The van der Waals surface area contributed by atoms with Crippen LogP contribution >= 0.6 is 0 Å². The van der Waals surface area contributed by atoms with E-state index in [2.05, 4.69) is 13.8 Å². The molecule has 160 valence electrons. The molecule has 3 aromatic carbocycles. The number of esters is 2. The van der Waals surface area contributed by atoms with Gasteiger partial charge in [0.15, 0.2) is 0 Å². The summed E-state index contributed by atoms with van der Waals surface area (Å²) >= 11 is 0. The summed E-state index contributed by atoms with van der Waals surface area (Å²) in [6, 6.07) is 23.0. The van der Waals surface area contributed by atoms with Crippen molar-refractivity contribution in [3.8, 4) is 11.5 Å². The fourth-order valence-corrected chi connectivity index (χ4v) is 2.82. The molecule has 0 aliphatic rings. The number of benzene rings is 3. The van der Waals surface area contributed by atoms with Crippen molar-refractivity contribution in [2.45, 2.75) is 20.3 Å². The second kappa shape index (κ2) is 11.0. The van der Waals surface area contributed by atoms with E-state index < -0.39 is 11.9 Å². The molecule has 0 atom stereocenters. The summed E-state index contributed by atoms with van der Waals surface area (Å²) in [5, 5.41) is 0. The third-order valence-electron chi connectivity index (χ3n) is 4.40. The van der Waals surface area contributed by atoms with Gasteiger partial charge in [0.2, 0.25) is 0 Å². The molecule has 3 aromatic rings. The highest BCUT2D eigenvalue weighted by molar-refractivity contribution is 5.93. The van der Waals surface area contributed by atoms with Crippen LogP contribution in [0.5, 0.6) is 11.5 Å². The maximum absolute atomic E-state index is 12.5. The monoisotopic (exact) mass is 418 g/mol. The third-order valence-corrected chi connectivity index (χ3v) is 4.40. The van der Waals surface area contributed by atoms with Gasteiger partial charge in [-0.05, 0) is 47.9 Å². The lowest BCUT2D eigenvalue weighted by molar-refractivity contribution is 0.0507. The van der Waals surface area contributed by atoms with Crippen molar-refractivity contribution in [2.24, 2.45) is 5.92 Å². The number of carbonyl (C=O) groups is 2. The van der Waals surface area contributed by atoms with Crippen LogP contribution in [0.4, 0.5) is 0 Å². The van der Waals surface area contributed by atoms with E-state index in [1.165, 1.54) is 6.07 Å². The van der Waals surface area contributed by atoms with E-state index in [9.17, 15) is 9.59 Å². The molecule has 0 radical (unpaired) electrons. The van der Waals surface area contributed by atoms with Crippen molar-refractivity contribution in [1.29, 1.82) is 0 Å². The molecule has 0 unspecified atom stereocenters. The second-order valence-corrected chi connectivity index (χ2v) is 7.52. The van der Waals surface area contributed by atoms with Gasteiger partial charge in [-0.3, -0.25) is 0 Å². The predicted molar refractivity (Wildman–Crippen MR) is 119 cm³/mol. The van der Waals surface area contributed by atoms with Crippen molar-refractivity contribution < 1.29 is 23.8 Å². The van der Waals surface area contributed by atoms with Crippen molar-refractivity contribution in [1.82, 2.24) is 0 Å². The Morgan fingerprint density at radius 1 is 0.774 bits per heavy atom. The van der Waals surface area contributed by atoms with Crippen molar-refractivity contribution in [3.05, 3.63) is 95.6 Å². The molecule has 31 heavy (non-hydrogen) atoms. The van der Waals surface area contributed by atoms with E-state index in [4.69, 9.17) is 14.2 Å². The van der Waals surface area contributed by atoms with E-state index in [1.807, 2.05) is 30.3 Å². The van der Waals surface area contributed by atoms with E-state index in [1.54, 1.807) is 42.5 Å². The summed E-state index contributed by atoms with van der Waals surface area (Å²) < 4.78 is 16.4. The highest BCUT2D eigenvalue weighted by Crippen LogP contribution is 2.19. The average molecular weight is 418 g/mol. The van der Waals surface area contributed by atoms with Crippen LogP contribution in [0.2, 0.25) is 0 Å². The quantitative estimate of drug-likeness (QED) is 0.347. The number of hydrogen-bond acceptors (Lipinski definition) is 5. The molecule has 0 N–H and O–H groups in total. The lowest BCUT2D eigenvalue weighted by Gasteiger charge is -2.10. The van der Waals surface area contributed by atoms with E-state index in [0.717, 1.165) is 5.56 Å². The van der Waals surface area contributed by atoms with E-state index in [0.29, 0.717) is 35.8 Å². The van der Waals surface area contributed by atoms with Crippen molar-refractivity contribution in [3.63, 3.8) is 0 Å². The van der Waals surface area contributed by atoms with Gasteiger partial charge < -0.3 is 14.2 Å². The van der Waals surface area contributed by atoms with Gasteiger partial charge in [-0.25, -0.2) is 9.59 Å². The summed E-state index contributed by atoms with van der Waals surface area (Å²) in [6.45, 7) is 4.94. The molecular weight excluding hydrogens is 392 g/mol. The van der Waals surface area contributed by atoms with Crippen molar-refractivity contribution in [2.75, 3.05) is 13.2 Å². The number of rotatable bonds is 9. The van der Waals surface area contributed by atoms with Crippen LogP contribution in [0.15, 0.2) is 78.9 Å². The molecule has 0 saturated carbocycles. The Morgan fingerprint density at radius 3 is 2.13 bits per heavy atom. The van der Waals surface area contributed by atoms with Crippen LogP contribution in [-0.2, 0) is 11.2 Å². The molecule has 0 saturated heterocycles. The second-order valence-electron chi connectivity index (χ2n) is 7.52. The summed E-state index contributed by atoms with van der Waals surface area (Å²) in [6.07, 6.45) is 0.635. The van der Waals surface area contributed by atoms with E-state index in [-0.39, 0.29) is 12.4 Å². The van der Waals surface area contributed by atoms with Gasteiger partial charge in [0.05, 0.1) is 24.3 Å². The Balaban J connectivity index is 1.57. The standard InChI is InChI=1S/C26H26O5/c1-19(2)18-30-23-12-6-11-22(16-23)26(28)31-24-13-7-10-21(17-24)25(27)29-15-14-20-8-4-3-5-9-20/h3-13,16-17,19H,14-15,18H2,1-2H3. The minimum atomic E-state index is -0.524. The molecule has 3 rings (SSSR count). The molecular formula is C26H26O5. The van der Waals surface area contributed by atoms with Crippen LogP contribution in [0.3, 0.4) is 0 Å². The van der Waals surface area contributed by atoms with Gasteiger partial charge in [0, 0.05) is 6.42 Å². The zero-order valence-electron chi connectivity index (χ0n) is 17.7. The molecule has 0 amide bonds. The van der Waals surface area contributed by atoms with Crippen LogP contribution < -0.4 is 9.47 Å². The molecule has 0 bridgehead atoms. The normalized spacial score (nSPS) is 10.5. The zero-order chi connectivity index (χ0) is 22.1. The van der Waals surface area contributed by atoms with E-state index >= 15 is 0 Å². The van der Waals surface area contributed by atoms with Gasteiger partial charge in [0.25, 0.3) is 0 Å². The lowest BCUT2D eigenvalue weighted by Crippen LogP contribution is -2.11. The topological polar surface area (TPSA) is 61.8 Å². The molecule has 5 heteroatoms. The molecule has 0 aromatic heterocycles. The minimum Gasteiger partial charge on any atom is -0.493 e. The maximum atomic E-state index is 12.5. The zero-order valence-corrected chi connectivity index (χ0v) is 17.7. The van der Waals surface area contributed by atoms with Gasteiger partial charge in [-0.2, -0.15) is 0 Å². The molecule has 5 nitrogen and oxygen atoms in total. The van der Waals surface area contributed by atoms with Crippen LogP contribution in [-0.4, -0.2) is 25.2 Å². The predicted octanol–water partition coefficient (Wildman–Crippen LogP) is 5.34. The number of ether oxygens (including phenoxy) is 3. The molecule has 0 aliphatic carbocycles. The van der Waals surface area contributed by atoms with Crippen molar-refractivity contribution >= 4 is 11.9 Å². The molecule has 0 fully saturated rings. The van der Waals surface area contributed by atoms with Crippen LogP contribution in [0, 0.1) is 5.92 Å². The Bertz CT molecular complexity index is 1010. The first-order valence-electron chi connectivity index (χ1n) is 10.3. The third kappa shape index (κ3) is 7.00. The minimum absolute atomic E-state index is 0.274. The highest BCUT2D eigenvalue weighted by Gasteiger charge is 2.13. The Hall–Kier alpha value is -3.60. The highest BCUT2D eigenvalue weighted by atomic mass is 16.5. The Labute approximate surface area is 182 Å². The Kier molecular flexibility index (Phi) is 7.82. The summed E-state index contributed by atoms with van der Waals surface area (Å²) in [7, 11) is 0. The summed E-state index contributed by atoms with van der Waals surface area (Å²) in [5.41, 5.74) is 1.79. The molecule has 0 spiro atoms. The first-order chi connectivity index (χ1) is 15.0. The SMILES string of the molecule is CC(C)COc1cccc(C(=O)Oc2cccc(C(=O)OCCc3ccccc3)c2)c1. The lowest BCUT2D eigenvalue weighted by atomic mass is 10.2. The summed E-state index contributed by atoms with van der Waals surface area (Å²) in [4.78, 5) is 24.9. The fourth-order valence-electron chi connectivity index (χ4n) is 2.82. The van der Waals surface area contributed by atoms with Gasteiger partial charge >= 0.3 is 11.9 Å². The van der Waals surface area contributed by atoms with Gasteiger partial charge in [-0.15, -0.1) is 0 Å². The average Bonchev–Trinajstić information content (AvgIpc) is 2.78. The first-order valence-corrected chi connectivity index (χ1v) is 10.3. The maximum Gasteiger partial charge on any atom is 0.343 e. The van der Waals surface area contributed by atoms with Crippen LogP contribution in [0.25, 0.3) is 0 Å².